The molecule has 2 aromatic heterocycles. The summed E-state index contributed by atoms with van der Waals surface area (Å²) < 4.78 is 4.21. The first-order valence-corrected chi connectivity index (χ1v) is 9.52. The third-order valence-corrected chi connectivity index (χ3v) is 6.53. The molecule has 0 saturated carbocycles. The van der Waals surface area contributed by atoms with Crippen LogP contribution in [0.2, 0.25) is 0 Å². The Morgan fingerprint density at radius 2 is 1.79 bits per heavy atom. The Balaban J connectivity index is 1.50. The van der Waals surface area contributed by atoms with Gasteiger partial charge in [0.2, 0.25) is 0 Å². The molecule has 0 aliphatic heterocycles. The lowest BCUT2D eigenvalue weighted by atomic mass is 9.71. The van der Waals surface area contributed by atoms with E-state index in [9.17, 15) is 0 Å². The maximum atomic E-state index is 4.87. The molecule has 0 radical (unpaired) electrons. The summed E-state index contributed by atoms with van der Waals surface area (Å²) in [6.07, 6.45) is 11.1. The summed E-state index contributed by atoms with van der Waals surface area (Å²) in [5.41, 5.74) is 9.00. The van der Waals surface area contributed by atoms with Crippen LogP contribution in [0.15, 0.2) is 0 Å². The van der Waals surface area contributed by atoms with Crippen LogP contribution in [0.5, 0.6) is 0 Å². The van der Waals surface area contributed by atoms with Crippen molar-refractivity contribution < 1.29 is 0 Å². The van der Waals surface area contributed by atoms with Crippen LogP contribution < -0.4 is 0 Å². The highest BCUT2D eigenvalue weighted by molar-refractivity contribution is 5.31. The molecule has 0 spiro atoms. The van der Waals surface area contributed by atoms with Gasteiger partial charge in [-0.1, -0.05) is 6.92 Å². The van der Waals surface area contributed by atoms with Crippen LogP contribution in [0.25, 0.3) is 0 Å². The van der Waals surface area contributed by atoms with E-state index >= 15 is 0 Å². The molecule has 1 atom stereocenters. The lowest BCUT2D eigenvalue weighted by Crippen LogP contribution is -2.26. The highest BCUT2D eigenvalue weighted by atomic mass is 15.3. The zero-order valence-electron chi connectivity index (χ0n) is 15.7. The highest BCUT2D eigenvalue weighted by Crippen LogP contribution is 2.39. The molecule has 1 unspecified atom stereocenters. The number of nitrogens with zero attached hydrogens (tertiary/aromatic N) is 4. The van der Waals surface area contributed by atoms with Gasteiger partial charge in [-0.25, -0.2) is 0 Å². The molecule has 0 N–H and O–H groups in total. The molecule has 24 heavy (non-hydrogen) atoms. The third-order valence-electron chi connectivity index (χ3n) is 6.53. The molecule has 0 aromatic carbocycles. The van der Waals surface area contributed by atoms with Gasteiger partial charge in [-0.15, -0.1) is 0 Å². The van der Waals surface area contributed by atoms with Crippen molar-refractivity contribution in [3.63, 3.8) is 0 Å². The molecular weight excluding hydrogens is 296 g/mol. The van der Waals surface area contributed by atoms with Gasteiger partial charge in [-0.2, -0.15) is 10.2 Å². The third kappa shape index (κ3) is 2.60. The Morgan fingerprint density at radius 3 is 2.62 bits per heavy atom. The summed E-state index contributed by atoms with van der Waals surface area (Å²) in [4.78, 5) is 0. The smallest absolute Gasteiger partial charge is 0.0664 e. The van der Waals surface area contributed by atoms with E-state index in [1.54, 1.807) is 5.56 Å². The van der Waals surface area contributed by atoms with Crippen molar-refractivity contribution in [2.75, 3.05) is 0 Å². The van der Waals surface area contributed by atoms with E-state index in [0.717, 1.165) is 12.8 Å². The Labute approximate surface area is 145 Å². The van der Waals surface area contributed by atoms with E-state index in [-0.39, 0.29) is 0 Å². The summed E-state index contributed by atoms with van der Waals surface area (Å²) in [5.74, 6) is 0. The van der Waals surface area contributed by atoms with Gasteiger partial charge in [0.25, 0.3) is 0 Å². The van der Waals surface area contributed by atoms with Crippen molar-refractivity contribution >= 4 is 0 Å². The Morgan fingerprint density at radius 1 is 1.00 bits per heavy atom. The molecule has 4 heteroatoms. The van der Waals surface area contributed by atoms with Crippen molar-refractivity contribution in [3.05, 3.63) is 33.9 Å². The van der Waals surface area contributed by atoms with Crippen molar-refractivity contribution in [1.29, 1.82) is 0 Å². The number of hydrogen-bond acceptors (Lipinski definition) is 2. The van der Waals surface area contributed by atoms with Crippen LogP contribution in [0, 0.1) is 12.3 Å². The molecular formula is C20H30N4. The van der Waals surface area contributed by atoms with Crippen molar-refractivity contribution in [1.82, 2.24) is 19.6 Å². The van der Waals surface area contributed by atoms with E-state index in [1.165, 1.54) is 73.3 Å². The minimum Gasteiger partial charge on any atom is -0.272 e. The van der Waals surface area contributed by atoms with Gasteiger partial charge in [-0.05, 0) is 81.3 Å². The Bertz CT molecular complexity index is 767. The van der Waals surface area contributed by atoms with Crippen LogP contribution in [0.4, 0.5) is 0 Å². The minimum atomic E-state index is 0.368. The monoisotopic (exact) mass is 326 g/mol. The van der Waals surface area contributed by atoms with Crippen molar-refractivity contribution in [3.8, 4) is 0 Å². The standard InChI is InChI=1S/C20H30N4/c1-14-15-9-11-20(2,13-18(15)22-23(14)3)12-10-17-16-7-5-6-8-19(16)24(4)21-17/h5-13H2,1-4H3. The van der Waals surface area contributed by atoms with E-state index in [0.29, 0.717) is 5.41 Å². The summed E-state index contributed by atoms with van der Waals surface area (Å²) >= 11 is 0. The zero-order valence-corrected chi connectivity index (χ0v) is 15.7. The molecule has 4 nitrogen and oxygen atoms in total. The van der Waals surface area contributed by atoms with Crippen LogP contribution in [-0.2, 0) is 46.2 Å². The van der Waals surface area contributed by atoms with E-state index in [4.69, 9.17) is 10.2 Å². The fourth-order valence-electron chi connectivity index (χ4n) is 4.80. The SMILES string of the molecule is Cc1c2c(nn1C)CC(C)(CCc1nn(C)c3c1CCCC3)CC2. The number of aryl methyl sites for hydroxylation is 3. The van der Waals surface area contributed by atoms with Crippen LogP contribution in [-0.4, -0.2) is 19.6 Å². The largest absolute Gasteiger partial charge is 0.272 e. The molecule has 0 fully saturated rings. The normalized spacial score (nSPS) is 23.2. The zero-order chi connectivity index (χ0) is 16.9. The van der Waals surface area contributed by atoms with E-state index in [2.05, 4.69) is 37.3 Å². The summed E-state index contributed by atoms with van der Waals surface area (Å²) in [6, 6.07) is 0. The quantitative estimate of drug-likeness (QED) is 0.866. The number of rotatable bonds is 3. The second kappa shape index (κ2) is 5.75. The molecule has 4 rings (SSSR count). The van der Waals surface area contributed by atoms with Crippen LogP contribution in [0.1, 0.15) is 66.5 Å². The number of hydrogen-bond donors (Lipinski definition) is 0. The van der Waals surface area contributed by atoms with Crippen LogP contribution >= 0.6 is 0 Å². The molecule has 0 amide bonds. The first-order chi connectivity index (χ1) is 11.5. The van der Waals surface area contributed by atoms with Crippen molar-refractivity contribution in [2.45, 2.75) is 71.6 Å². The molecule has 2 aliphatic carbocycles. The van der Waals surface area contributed by atoms with Gasteiger partial charge in [-0.3, -0.25) is 9.36 Å². The summed E-state index contributed by atoms with van der Waals surface area (Å²) in [6.45, 7) is 4.66. The van der Waals surface area contributed by atoms with Gasteiger partial charge < -0.3 is 0 Å². The average Bonchev–Trinajstić information content (AvgIpc) is 3.03. The first kappa shape index (κ1) is 15.9. The summed E-state index contributed by atoms with van der Waals surface area (Å²) in [7, 11) is 4.20. The fourth-order valence-corrected chi connectivity index (χ4v) is 4.80. The fraction of sp³-hybridized carbons (Fsp3) is 0.700. The molecule has 2 heterocycles. The van der Waals surface area contributed by atoms with Gasteiger partial charge in [0.05, 0.1) is 11.4 Å². The Hall–Kier alpha value is -1.58. The molecule has 2 aromatic rings. The molecule has 2 aliphatic rings. The van der Waals surface area contributed by atoms with Gasteiger partial charge >= 0.3 is 0 Å². The minimum absolute atomic E-state index is 0.368. The van der Waals surface area contributed by atoms with Crippen molar-refractivity contribution in [2.24, 2.45) is 19.5 Å². The molecule has 130 valence electrons. The van der Waals surface area contributed by atoms with Crippen LogP contribution in [0.3, 0.4) is 0 Å². The van der Waals surface area contributed by atoms with Gasteiger partial charge in [0, 0.05) is 25.5 Å². The number of fused-ring (bicyclic) bond motifs is 2. The second-order valence-corrected chi connectivity index (χ2v) is 8.32. The highest BCUT2D eigenvalue weighted by Gasteiger charge is 2.33. The lowest BCUT2D eigenvalue weighted by Gasteiger charge is -2.33. The topological polar surface area (TPSA) is 35.6 Å². The Kier molecular flexibility index (Phi) is 3.81. The number of aromatic nitrogens is 4. The van der Waals surface area contributed by atoms with Gasteiger partial charge in [0.1, 0.15) is 0 Å². The second-order valence-electron chi connectivity index (χ2n) is 8.32. The predicted molar refractivity (Wildman–Crippen MR) is 96.2 cm³/mol. The van der Waals surface area contributed by atoms with Gasteiger partial charge in [0.15, 0.2) is 0 Å². The molecule has 0 saturated heterocycles. The predicted octanol–water partition coefficient (Wildman–Crippen LogP) is 3.47. The average molecular weight is 326 g/mol. The van der Waals surface area contributed by atoms with E-state index in [1.807, 2.05) is 0 Å². The molecule has 0 bridgehead atoms. The lowest BCUT2D eigenvalue weighted by molar-refractivity contribution is 0.252. The van der Waals surface area contributed by atoms with E-state index < -0.39 is 0 Å². The maximum absolute atomic E-state index is 4.87. The first-order valence-electron chi connectivity index (χ1n) is 9.52. The maximum Gasteiger partial charge on any atom is 0.0664 e. The summed E-state index contributed by atoms with van der Waals surface area (Å²) in [5, 5.41) is 9.64.